The summed E-state index contributed by atoms with van der Waals surface area (Å²) in [5, 5.41) is 2.90. The quantitative estimate of drug-likeness (QED) is 0.143. The Labute approximate surface area is 397 Å². The van der Waals surface area contributed by atoms with Crippen molar-refractivity contribution in [3.8, 4) is 22.2 Å². The fourth-order valence-electron chi connectivity index (χ4n) is 9.67. The second-order valence-corrected chi connectivity index (χ2v) is 23.7. The summed E-state index contributed by atoms with van der Waals surface area (Å²) in [7, 11) is -3.89. The molecule has 5 heterocycles. The number of thiazole rings is 1. The van der Waals surface area contributed by atoms with Gasteiger partial charge in [-0.3, -0.25) is 28.8 Å². The zero-order chi connectivity index (χ0) is 47.5. The Morgan fingerprint density at radius 1 is 1.11 bits per heavy atom. The molecule has 3 saturated heterocycles. The Morgan fingerprint density at radius 3 is 2.45 bits per heavy atom. The molecule has 0 spiro atoms. The van der Waals surface area contributed by atoms with E-state index in [1.165, 1.54) is 11.3 Å². The number of rotatable bonds is 17. The van der Waals surface area contributed by atoms with Gasteiger partial charge in [0.15, 0.2) is 5.78 Å². The molecule has 2 aliphatic carbocycles. The molecule has 0 bridgehead atoms. The Bertz CT molecular complexity index is 2500. The summed E-state index contributed by atoms with van der Waals surface area (Å²) >= 11 is 8.63. The van der Waals surface area contributed by atoms with Crippen molar-refractivity contribution in [1.82, 2.24) is 29.4 Å². The number of fused-ring (bicyclic) bond motifs is 2. The van der Waals surface area contributed by atoms with Gasteiger partial charge in [0.1, 0.15) is 46.0 Å². The number of aromatic nitrogens is 2. The SMILES string of the molecule is C=C[C@@H]1C[C@]1(CC(=O)[C@@H]1C[C@@H](Oc2cc(-c3nc(C(C)C)cs3)nc3c(Cl)c(OCCN4CCOCC4)ccc23)[C@H]2CN(C(=O)CC(C)(C)C)[C@H](C(C)C)C(=O)N21)C(=O)NS(=O)(=O)C1CC1. The number of morpholine rings is 1. The number of allylic oxidation sites excluding steroid dienone is 1. The summed E-state index contributed by atoms with van der Waals surface area (Å²) in [4.78, 5) is 73.4. The van der Waals surface area contributed by atoms with E-state index in [2.05, 4.69) is 30.0 Å². The van der Waals surface area contributed by atoms with Gasteiger partial charge in [-0.1, -0.05) is 66.1 Å². The molecule has 1 aromatic carbocycles. The molecule has 0 radical (unpaired) electrons. The first-order valence-electron chi connectivity index (χ1n) is 23.2. The second-order valence-electron chi connectivity index (χ2n) is 20.5. The number of ether oxygens (including phenoxy) is 3. The average molecular weight is 968 g/mol. The van der Waals surface area contributed by atoms with Crippen LogP contribution in [0.15, 0.2) is 36.2 Å². The number of hydrogen-bond acceptors (Lipinski definition) is 13. The second kappa shape index (κ2) is 18.7. The molecule has 66 heavy (non-hydrogen) atoms. The molecular weight excluding hydrogens is 904 g/mol. The molecule has 18 heteroatoms. The summed E-state index contributed by atoms with van der Waals surface area (Å²) in [5.41, 5.74) is 0.168. The number of piperazine rings is 1. The first-order chi connectivity index (χ1) is 31.2. The van der Waals surface area contributed by atoms with Crippen LogP contribution in [0.4, 0.5) is 0 Å². The predicted molar refractivity (Wildman–Crippen MR) is 253 cm³/mol. The first kappa shape index (κ1) is 48.3. The molecule has 2 saturated carbocycles. The number of amides is 3. The maximum absolute atomic E-state index is 15.0. The van der Waals surface area contributed by atoms with Crippen molar-refractivity contribution >= 4 is 67.4 Å². The van der Waals surface area contributed by atoms with Crippen LogP contribution in [-0.2, 0) is 33.9 Å². The molecule has 0 unspecified atom stereocenters. The van der Waals surface area contributed by atoms with E-state index in [1.807, 2.05) is 52.1 Å². The molecule has 2 aromatic heterocycles. The predicted octanol–water partition coefficient (Wildman–Crippen LogP) is 6.63. The van der Waals surface area contributed by atoms with Crippen LogP contribution in [-0.4, -0.2) is 132 Å². The number of pyridine rings is 1. The average Bonchev–Trinajstić information content (AvgIpc) is 4.15. The van der Waals surface area contributed by atoms with E-state index >= 15 is 4.79 Å². The number of sulfonamides is 1. The molecule has 1 N–H and O–H groups in total. The van der Waals surface area contributed by atoms with Gasteiger partial charge in [0.25, 0.3) is 0 Å². The third-order valence-electron chi connectivity index (χ3n) is 13.6. The molecule has 3 aliphatic heterocycles. The maximum Gasteiger partial charge on any atom is 0.246 e. The number of benzene rings is 1. The number of carbonyl (C=O) groups is 4. The number of ketones is 1. The van der Waals surface area contributed by atoms with Gasteiger partial charge in [0.2, 0.25) is 27.7 Å². The minimum Gasteiger partial charge on any atom is -0.491 e. The molecule has 6 atom stereocenters. The van der Waals surface area contributed by atoms with Gasteiger partial charge in [-0.05, 0) is 54.6 Å². The van der Waals surface area contributed by atoms with Crippen molar-refractivity contribution in [2.75, 3.05) is 46.0 Å². The number of halogens is 1. The van der Waals surface area contributed by atoms with Crippen LogP contribution >= 0.6 is 22.9 Å². The minimum atomic E-state index is -3.89. The lowest BCUT2D eigenvalue weighted by Crippen LogP contribution is -2.66. The van der Waals surface area contributed by atoms with Gasteiger partial charge < -0.3 is 24.0 Å². The van der Waals surface area contributed by atoms with Crippen molar-refractivity contribution in [2.24, 2.45) is 22.7 Å². The van der Waals surface area contributed by atoms with Crippen LogP contribution in [0.2, 0.25) is 5.02 Å². The topological polar surface area (TPSA) is 178 Å². The maximum atomic E-state index is 15.0. The van der Waals surface area contributed by atoms with Crippen LogP contribution in [0, 0.1) is 22.7 Å². The van der Waals surface area contributed by atoms with E-state index in [0.717, 1.165) is 18.8 Å². The fourth-order valence-corrected chi connectivity index (χ4v) is 12.3. The van der Waals surface area contributed by atoms with Gasteiger partial charge >= 0.3 is 0 Å². The highest BCUT2D eigenvalue weighted by molar-refractivity contribution is 7.90. The van der Waals surface area contributed by atoms with Gasteiger partial charge in [0.05, 0.1) is 47.2 Å². The third kappa shape index (κ3) is 9.88. The Balaban J connectivity index is 1.16. The summed E-state index contributed by atoms with van der Waals surface area (Å²) in [6.07, 6.45) is 1.95. The standard InChI is InChI=1S/C48H63ClN6O9S2/c1-9-29-22-48(29,46(59)52-66(60,61)30-10-11-30)23-36(56)34-21-39(35-25-54(40(57)24-47(6,7)8)43(28(4)5)45(58)55(34)35)64-38-20-32(44-51-33(26-65-44)27(2)3)50-42-31(38)12-13-37(41(42)49)63-19-16-53-14-17-62-18-15-53/h9,12-13,20,26-30,34-35,39,43H,1,10-11,14-19,21-25H2,2-8H3,(H,52,59)/t29-,34+,35-,39-,43-,48-/m1/s1. The number of nitrogens with zero attached hydrogens (tertiary/aromatic N) is 5. The third-order valence-corrected chi connectivity index (χ3v) is 16.7. The van der Waals surface area contributed by atoms with E-state index in [-0.39, 0.29) is 67.1 Å². The highest BCUT2D eigenvalue weighted by atomic mass is 35.5. The van der Waals surface area contributed by atoms with Crippen LogP contribution in [0.1, 0.15) is 98.6 Å². The smallest absolute Gasteiger partial charge is 0.246 e. The largest absolute Gasteiger partial charge is 0.491 e. The Kier molecular flexibility index (Phi) is 13.7. The minimum absolute atomic E-state index is 0.0581. The lowest BCUT2D eigenvalue weighted by molar-refractivity contribution is -0.161. The molecule has 15 nitrogen and oxygen atoms in total. The molecule has 358 valence electrons. The monoisotopic (exact) mass is 966 g/mol. The van der Waals surface area contributed by atoms with Crippen molar-refractivity contribution in [3.63, 3.8) is 0 Å². The molecular formula is C48H63ClN6O9S2. The normalized spacial score (nSPS) is 25.9. The van der Waals surface area contributed by atoms with Gasteiger partial charge in [-0.25, -0.2) is 18.4 Å². The zero-order valence-electron chi connectivity index (χ0n) is 39.0. The van der Waals surface area contributed by atoms with Crippen molar-refractivity contribution < 1.29 is 41.8 Å². The molecule has 5 aliphatic rings. The van der Waals surface area contributed by atoms with Gasteiger partial charge in [0, 0.05) is 62.3 Å². The number of hydrogen-bond donors (Lipinski definition) is 1. The van der Waals surface area contributed by atoms with Gasteiger partial charge in [-0.2, -0.15) is 0 Å². The van der Waals surface area contributed by atoms with E-state index in [1.54, 1.807) is 21.9 Å². The van der Waals surface area contributed by atoms with E-state index < -0.39 is 56.7 Å². The molecule has 3 amide bonds. The fraction of sp³-hybridized carbons (Fsp3) is 0.625. The highest BCUT2D eigenvalue weighted by Crippen LogP contribution is 2.57. The van der Waals surface area contributed by atoms with Crippen LogP contribution in [0.5, 0.6) is 11.5 Å². The van der Waals surface area contributed by atoms with Crippen molar-refractivity contribution in [2.45, 2.75) is 122 Å². The Hall–Kier alpha value is -4.16. The van der Waals surface area contributed by atoms with Crippen LogP contribution in [0.3, 0.4) is 0 Å². The van der Waals surface area contributed by atoms with E-state index in [0.29, 0.717) is 77.3 Å². The van der Waals surface area contributed by atoms with Crippen LogP contribution in [0.25, 0.3) is 21.6 Å². The summed E-state index contributed by atoms with van der Waals surface area (Å²) in [6.45, 7) is 21.9. The molecule has 8 rings (SSSR count). The molecule has 3 aromatic rings. The summed E-state index contributed by atoms with van der Waals surface area (Å²) in [5.74, 6) is -1.33. The highest BCUT2D eigenvalue weighted by Gasteiger charge is 2.63. The van der Waals surface area contributed by atoms with E-state index in [4.69, 9.17) is 35.8 Å². The lowest BCUT2D eigenvalue weighted by Gasteiger charge is -2.47. The number of nitrogens with one attached hydrogen (secondary N) is 1. The lowest BCUT2D eigenvalue weighted by atomic mass is 9.89. The van der Waals surface area contributed by atoms with Crippen LogP contribution < -0.4 is 14.2 Å². The van der Waals surface area contributed by atoms with Crippen molar-refractivity contribution in [3.05, 3.63) is 47.0 Å². The van der Waals surface area contributed by atoms with Crippen molar-refractivity contribution in [1.29, 1.82) is 0 Å². The van der Waals surface area contributed by atoms with Gasteiger partial charge in [-0.15, -0.1) is 17.9 Å². The number of carbonyl (C=O) groups excluding carboxylic acids is 4. The number of Topliss-reactive ketones (excluding diaryl/α,β-unsaturated/α-hetero) is 1. The summed E-state index contributed by atoms with van der Waals surface area (Å²) in [6, 6.07) is 2.81. The molecule has 5 fully saturated rings. The zero-order valence-corrected chi connectivity index (χ0v) is 41.4. The van der Waals surface area contributed by atoms with E-state index in [9.17, 15) is 22.8 Å². The summed E-state index contributed by atoms with van der Waals surface area (Å²) < 4.78 is 47.0. The Morgan fingerprint density at radius 2 is 1.83 bits per heavy atom. The first-order valence-corrected chi connectivity index (χ1v) is 26.0.